The molecule has 0 radical (unpaired) electrons. The fourth-order valence-electron chi connectivity index (χ4n) is 2.87. The molecule has 0 bridgehead atoms. The molecule has 0 aromatic rings. The van der Waals surface area contributed by atoms with Crippen molar-refractivity contribution >= 4 is 11.5 Å². The van der Waals surface area contributed by atoms with Gasteiger partial charge in [-0.2, -0.15) is 0 Å². The predicted octanol–water partition coefficient (Wildman–Crippen LogP) is 5.76. The van der Waals surface area contributed by atoms with E-state index in [1.54, 1.807) is 19.4 Å². The van der Waals surface area contributed by atoms with Crippen LogP contribution in [0.15, 0.2) is 46.9 Å². The fraction of sp³-hybridized carbons (Fsp3) is 0.667. The van der Waals surface area contributed by atoms with Crippen LogP contribution in [0.3, 0.4) is 0 Å². The largest absolute Gasteiger partial charge is 0.502 e. The molecule has 0 aliphatic carbocycles. The number of likely N-dealkylation sites (N-methyl/N-ethyl adjacent to an activating group) is 1. The third-order valence-electron chi connectivity index (χ3n) is 4.93. The molecule has 182 valence electrons. The van der Waals surface area contributed by atoms with Crippen LogP contribution in [0.2, 0.25) is 0 Å². The van der Waals surface area contributed by atoms with E-state index in [0.29, 0.717) is 38.5 Å². The molecular formula is C24H41FN4O3. The van der Waals surface area contributed by atoms with Crippen LogP contribution in [0, 0.1) is 10.1 Å². The van der Waals surface area contributed by atoms with Crippen LogP contribution in [0.25, 0.3) is 0 Å². The van der Waals surface area contributed by atoms with Gasteiger partial charge in [-0.3, -0.25) is 20.1 Å². The van der Waals surface area contributed by atoms with Crippen molar-refractivity contribution in [1.29, 1.82) is 0 Å². The van der Waals surface area contributed by atoms with Gasteiger partial charge < -0.3 is 9.64 Å². The van der Waals surface area contributed by atoms with Crippen LogP contribution in [0.1, 0.15) is 65.7 Å². The van der Waals surface area contributed by atoms with Crippen molar-refractivity contribution in [2.75, 3.05) is 33.3 Å². The number of rotatable bonds is 18. The minimum atomic E-state index is -1.03. The van der Waals surface area contributed by atoms with Crippen LogP contribution in [-0.4, -0.2) is 60.7 Å². The van der Waals surface area contributed by atoms with E-state index >= 15 is 0 Å². The van der Waals surface area contributed by atoms with E-state index in [1.165, 1.54) is 6.08 Å². The van der Waals surface area contributed by atoms with E-state index < -0.39 is 6.04 Å². The Balaban J connectivity index is 4.39. The number of aliphatic imine (C=N–C) groups is 2. The summed E-state index contributed by atoms with van der Waals surface area (Å²) in [5, 5.41) is 11.5. The molecular weight excluding hydrogens is 411 g/mol. The third kappa shape index (κ3) is 13.7. The first-order valence-corrected chi connectivity index (χ1v) is 11.5. The molecule has 0 aliphatic rings. The highest BCUT2D eigenvalue weighted by Crippen LogP contribution is 2.08. The zero-order chi connectivity index (χ0) is 24.2. The summed E-state index contributed by atoms with van der Waals surface area (Å²) in [6, 6.07) is -1.03. The minimum absolute atomic E-state index is 0.0350. The Hall–Kier alpha value is -2.51. The molecule has 0 N–H and O–H groups in total. The maximum Gasteiger partial charge on any atom is 0.287 e. The van der Waals surface area contributed by atoms with Gasteiger partial charge in [-0.05, 0) is 70.9 Å². The van der Waals surface area contributed by atoms with Crippen molar-refractivity contribution in [2.45, 2.75) is 71.8 Å². The van der Waals surface area contributed by atoms with Crippen LogP contribution in [0.4, 0.5) is 4.39 Å². The molecule has 0 rings (SSSR count). The molecule has 0 heterocycles. The van der Waals surface area contributed by atoms with Gasteiger partial charge in [0, 0.05) is 30.8 Å². The van der Waals surface area contributed by atoms with E-state index in [1.807, 2.05) is 31.7 Å². The number of ether oxygens (including phenoxy) is 1. The molecule has 1 atom stereocenters. The van der Waals surface area contributed by atoms with Crippen molar-refractivity contribution in [1.82, 2.24) is 4.90 Å². The zero-order valence-electron chi connectivity index (χ0n) is 20.3. The minimum Gasteiger partial charge on any atom is -0.502 e. The number of halogens is 1. The Bertz CT molecular complexity index is 660. The number of amidine groups is 1. The summed E-state index contributed by atoms with van der Waals surface area (Å²) in [4.78, 5) is 21.6. The lowest BCUT2D eigenvalue weighted by Crippen LogP contribution is -2.43. The van der Waals surface area contributed by atoms with Crippen LogP contribution < -0.4 is 0 Å². The predicted molar refractivity (Wildman–Crippen MR) is 132 cm³/mol. The molecule has 0 saturated heterocycles. The van der Waals surface area contributed by atoms with Gasteiger partial charge in [0.05, 0.1) is 25.2 Å². The number of nitro groups is 1. The summed E-state index contributed by atoms with van der Waals surface area (Å²) < 4.78 is 18.5. The van der Waals surface area contributed by atoms with Crippen molar-refractivity contribution in [3.8, 4) is 0 Å². The molecule has 7 nitrogen and oxygen atoms in total. The molecule has 0 aromatic carbocycles. The monoisotopic (exact) mass is 452 g/mol. The maximum absolute atomic E-state index is 13.0. The van der Waals surface area contributed by atoms with E-state index in [-0.39, 0.29) is 10.8 Å². The number of allylic oxidation sites excluding steroid dienone is 3. The highest BCUT2D eigenvalue weighted by Gasteiger charge is 2.27. The Labute approximate surface area is 193 Å². The summed E-state index contributed by atoms with van der Waals surface area (Å²) in [5.74, 6) is 0.386. The molecule has 32 heavy (non-hydrogen) atoms. The lowest BCUT2D eigenvalue weighted by molar-refractivity contribution is -0.491. The van der Waals surface area contributed by atoms with Crippen molar-refractivity contribution < 1.29 is 14.1 Å². The summed E-state index contributed by atoms with van der Waals surface area (Å²) in [6.07, 6.45) is 12.5. The number of hydrogen-bond donors (Lipinski definition) is 0. The first kappa shape index (κ1) is 29.5. The first-order valence-electron chi connectivity index (χ1n) is 11.5. The highest BCUT2D eigenvalue weighted by molar-refractivity contribution is 5.91. The first-order chi connectivity index (χ1) is 15.4. The molecule has 8 heteroatoms. The Kier molecular flexibility index (Phi) is 17.7. The van der Waals surface area contributed by atoms with E-state index in [0.717, 1.165) is 44.2 Å². The molecule has 1 unspecified atom stereocenters. The normalized spacial score (nSPS) is 14.0. The fourth-order valence-corrected chi connectivity index (χ4v) is 2.87. The van der Waals surface area contributed by atoms with Gasteiger partial charge in [0.25, 0.3) is 6.04 Å². The van der Waals surface area contributed by atoms with Crippen LogP contribution in [-0.2, 0) is 4.74 Å². The molecule has 0 aliphatic heterocycles. The highest BCUT2D eigenvalue weighted by atomic mass is 19.1. The number of unbranched alkanes of at least 4 members (excludes halogenated alkanes) is 4. The lowest BCUT2D eigenvalue weighted by Gasteiger charge is -2.25. The summed E-state index contributed by atoms with van der Waals surface area (Å²) in [6.45, 7) is 11.4. The van der Waals surface area contributed by atoms with Gasteiger partial charge in [0.2, 0.25) is 0 Å². The Morgan fingerprint density at radius 1 is 1.25 bits per heavy atom. The molecule has 0 fully saturated rings. The van der Waals surface area contributed by atoms with Crippen molar-refractivity contribution in [2.24, 2.45) is 9.98 Å². The van der Waals surface area contributed by atoms with Crippen molar-refractivity contribution in [3.63, 3.8) is 0 Å². The number of hydrogen-bond acceptors (Lipinski definition) is 5. The average molecular weight is 453 g/mol. The second-order valence-corrected chi connectivity index (χ2v) is 7.42. The van der Waals surface area contributed by atoms with Crippen LogP contribution >= 0.6 is 0 Å². The molecule has 0 spiro atoms. The van der Waals surface area contributed by atoms with E-state index in [4.69, 9.17) is 4.74 Å². The van der Waals surface area contributed by atoms with Gasteiger partial charge in [-0.15, -0.1) is 0 Å². The van der Waals surface area contributed by atoms with Gasteiger partial charge in [-0.1, -0.05) is 19.6 Å². The van der Waals surface area contributed by atoms with Gasteiger partial charge in [-0.25, -0.2) is 4.39 Å². The topological polar surface area (TPSA) is 80.3 Å². The summed E-state index contributed by atoms with van der Waals surface area (Å²) >= 11 is 0. The number of nitrogens with zero attached hydrogens (tertiary/aromatic N) is 4. The smallest absolute Gasteiger partial charge is 0.287 e. The SMILES string of the molecule is C=CC(/C(=N\C/C(C)=N\C)N(CC)CCCCO/C=C/CCCC/C=C(/F)CC)[N+](=O)[O-]. The summed E-state index contributed by atoms with van der Waals surface area (Å²) in [5.41, 5.74) is 0.814. The third-order valence-corrected chi connectivity index (χ3v) is 4.93. The van der Waals surface area contributed by atoms with E-state index in [9.17, 15) is 14.5 Å². The second-order valence-electron chi connectivity index (χ2n) is 7.42. The van der Waals surface area contributed by atoms with Gasteiger partial charge in [0.1, 0.15) is 0 Å². The second kappa shape index (κ2) is 19.2. The molecule has 0 saturated carbocycles. The van der Waals surface area contributed by atoms with Crippen molar-refractivity contribution in [3.05, 3.63) is 47.0 Å². The van der Waals surface area contributed by atoms with Gasteiger partial charge in [0.15, 0.2) is 5.84 Å². The van der Waals surface area contributed by atoms with Gasteiger partial charge >= 0.3 is 0 Å². The summed E-state index contributed by atoms with van der Waals surface area (Å²) in [7, 11) is 1.68. The molecule has 0 aromatic heterocycles. The average Bonchev–Trinajstić information content (AvgIpc) is 2.79. The zero-order valence-corrected chi connectivity index (χ0v) is 20.3. The molecule has 0 amide bonds. The van der Waals surface area contributed by atoms with Crippen LogP contribution in [0.5, 0.6) is 0 Å². The Morgan fingerprint density at radius 2 is 1.97 bits per heavy atom. The quantitative estimate of drug-likeness (QED) is 0.0503. The Morgan fingerprint density at radius 3 is 2.56 bits per heavy atom. The maximum atomic E-state index is 13.0. The van der Waals surface area contributed by atoms with E-state index in [2.05, 4.69) is 16.6 Å². The lowest BCUT2D eigenvalue weighted by atomic mass is 10.2. The standard InChI is InChI=1S/C24H41FN4O3/c1-6-22(25)16-12-10-9-11-14-18-32-19-15-13-17-28(8-3)24(23(7-2)29(30)31)27-20-21(4)26-5/h7,14,16,18,23H,2,6,8-13,15,17,19-20H2,1,3-5H3/b18-14+,22-16+,26-21-,27-24+.